The van der Waals surface area contributed by atoms with Gasteiger partial charge in [-0.25, -0.2) is 4.39 Å². The van der Waals surface area contributed by atoms with Crippen molar-refractivity contribution in [3.8, 4) is 6.07 Å². The predicted molar refractivity (Wildman–Crippen MR) is 49.5 cm³/mol. The summed E-state index contributed by atoms with van der Waals surface area (Å²) < 4.78 is 11.7. The van der Waals surface area contributed by atoms with Crippen LogP contribution in [0.2, 0.25) is 0 Å². The zero-order chi connectivity index (χ0) is 9.68. The van der Waals surface area contributed by atoms with Gasteiger partial charge < -0.3 is 5.73 Å². The van der Waals surface area contributed by atoms with Crippen molar-refractivity contribution in [3.05, 3.63) is 41.7 Å². The fourth-order valence-electron chi connectivity index (χ4n) is 1.06. The predicted octanol–water partition coefficient (Wildman–Crippen LogP) is 2.17. The van der Waals surface area contributed by atoms with Crippen molar-refractivity contribution in [2.75, 3.05) is 5.73 Å². The van der Waals surface area contributed by atoms with E-state index in [0.29, 0.717) is 24.0 Å². The molecule has 1 aromatic rings. The molecule has 0 atom stereocenters. The summed E-state index contributed by atoms with van der Waals surface area (Å²) in [5.41, 5.74) is 7.39. The van der Waals surface area contributed by atoms with E-state index in [9.17, 15) is 4.39 Å². The van der Waals surface area contributed by atoms with Gasteiger partial charge in [-0.3, -0.25) is 0 Å². The van der Waals surface area contributed by atoms with Gasteiger partial charge in [-0.05, 0) is 30.2 Å². The number of anilines is 1. The maximum atomic E-state index is 11.7. The number of nitriles is 1. The first-order valence-electron chi connectivity index (χ1n) is 3.81. The molecule has 0 aromatic heterocycles. The molecule has 0 saturated heterocycles. The van der Waals surface area contributed by atoms with Crippen molar-refractivity contribution in [1.29, 1.82) is 5.26 Å². The van der Waals surface area contributed by atoms with Crippen LogP contribution in [0.15, 0.2) is 30.6 Å². The van der Waals surface area contributed by atoms with Crippen LogP contribution < -0.4 is 5.73 Å². The highest BCUT2D eigenvalue weighted by atomic mass is 19.1. The summed E-state index contributed by atoms with van der Waals surface area (Å²) in [5.74, 6) is 0. The molecule has 3 heteroatoms. The molecule has 0 unspecified atom stereocenters. The number of nitrogens with two attached hydrogens (primary N) is 1. The molecule has 0 bridgehead atoms. The molecule has 0 aliphatic carbocycles. The van der Waals surface area contributed by atoms with Crippen molar-refractivity contribution >= 4 is 5.69 Å². The maximum Gasteiger partial charge on any atom is 0.0994 e. The molecule has 0 fully saturated rings. The van der Waals surface area contributed by atoms with Gasteiger partial charge in [-0.15, -0.1) is 0 Å². The highest BCUT2D eigenvalue weighted by Crippen LogP contribution is 2.13. The summed E-state index contributed by atoms with van der Waals surface area (Å²) in [6.07, 6.45) is 2.20. The first-order chi connectivity index (χ1) is 6.27. The Morgan fingerprint density at radius 2 is 2.31 bits per heavy atom. The van der Waals surface area contributed by atoms with E-state index in [-0.39, 0.29) is 0 Å². The van der Waals surface area contributed by atoms with E-state index < -0.39 is 0 Å². The van der Waals surface area contributed by atoms with Gasteiger partial charge in [0.15, 0.2) is 0 Å². The third-order valence-corrected chi connectivity index (χ3v) is 1.68. The minimum Gasteiger partial charge on any atom is -0.399 e. The van der Waals surface area contributed by atoms with E-state index in [1.165, 1.54) is 6.08 Å². The van der Waals surface area contributed by atoms with Crippen LogP contribution in [0.3, 0.4) is 0 Å². The topological polar surface area (TPSA) is 49.8 Å². The molecule has 0 amide bonds. The van der Waals surface area contributed by atoms with Crippen LogP contribution in [-0.2, 0) is 6.42 Å². The molecule has 0 heterocycles. The standard InChI is InChI=1S/C10H9FN2/c11-5-1-2-8-6-10(13)4-3-9(8)7-12/h1,3-6H,2,13H2. The first-order valence-corrected chi connectivity index (χ1v) is 3.81. The number of rotatable bonds is 2. The minimum atomic E-state index is 0.393. The average Bonchev–Trinajstić information content (AvgIpc) is 2.15. The molecule has 2 nitrogen and oxygen atoms in total. The van der Waals surface area contributed by atoms with Crippen molar-refractivity contribution in [3.63, 3.8) is 0 Å². The van der Waals surface area contributed by atoms with Crippen LogP contribution in [0.1, 0.15) is 11.1 Å². The van der Waals surface area contributed by atoms with E-state index in [2.05, 4.69) is 0 Å². The van der Waals surface area contributed by atoms with Crippen molar-refractivity contribution in [1.82, 2.24) is 0 Å². The number of allylic oxidation sites excluding steroid dienone is 1. The Morgan fingerprint density at radius 3 is 2.92 bits per heavy atom. The van der Waals surface area contributed by atoms with Crippen LogP contribution >= 0.6 is 0 Å². The zero-order valence-electron chi connectivity index (χ0n) is 7.00. The summed E-state index contributed by atoms with van der Waals surface area (Å²) in [6, 6.07) is 6.99. The molecule has 0 radical (unpaired) electrons. The van der Waals surface area contributed by atoms with Crippen LogP contribution in [0.25, 0.3) is 0 Å². The Labute approximate surface area is 76.1 Å². The number of hydrogen-bond acceptors (Lipinski definition) is 2. The Hall–Kier alpha value is -1.82. The molecule has 1 rings (SSSR count). The number of hydrogen-bond donors (Lipinski definition) is 1. The van der Waals surface area contributed by atoms with Gasteiger partial charge in [0.25, 0.3) is 0 Å². The lowest BCUT2D eigenvalue weighted by Gasteiger charge is -2.00. The molecular formula is C10H9FN2. The Balaban J connectivity index is 3.03. The van der Waals surface area contributed by atoms with Crippen molar-refractivity contribution < 1.29 is 4.39 Å². The smallest absolute Gasteiger partial charge is 0.0994 e. The Morgan fingerprint density at radius 1 is 1.54 bits per heavy atom. The molecule has 0 aliphatic heterocycles. The van der Waals surface area contributed by atoms with Gasteiger partial charge in [0.2, 0.25) is 0 Å². The monoisotopic (exact) mass is 176 g/mol. The third kappa shape index (κ3) is 2.31. The normalized spacial score (nSPS) is 10.2. The zero-order valence-corrected chi connectivity index (χ0v) is 7.00. The number of halogens is 1. The molecule has 0 aliphatic rings. The molecule has 13 heavy (non-hydrogen) atoms. The van der Waals surface area contributed by atoms with E-state index in [1.54, 1.807) is 18.2 Å². The SMILES string of the molecule is N#Cc1ccc(N)cc1CC=CF. The average molecular weight is 176 g/mol. The molecule has 2 N–H and O–H groups in total. The van der Waals surface area contributed by atoms with Gasteiger partial charge in [0.1, 0.15) is 0 Å². The van der Waals surface area contributed by atoms with E-state index >= 15 is 0 Å². The van der Waals surface area contributed by atoms with Gasteiger partial charge in [-0.2, -0.15) is 5.26 Å². The van der Waals surface area contributed by atoms with Gasteiger partial charge in [0, 0.05) is 5.69 Å². The summed E-state index contributed by atoms with van der Waals surface area (Å²) in [7, 11) is 0. The second-order valence-corrected chi connectivity index (χ2v) is 2.59. The largest absolute Gasteiger partial charge is 0.399 e. The van der Waals surface area contributed by atoms with E-state index in [0.717, 1.165) is 5.56 Å². The van der Waals surface area contributed by atoms with E-state index in [4.69, 9.17) is 11.0 Å². The fraction of sp³-hybridized carbons (Fsp3) is 0.100. The number of benzene rings is 1. The second kappa shape index (κ2) is 4.27. The van der Waals surface area contributed by atoms with Gasteiger partial charge in [-0.1, -0.05) is 6.08 Å². The van der Waals surface area contributed by atoms with Crippen LogP contribution in [0, 0.1) is 11.3 Å². The Kier molecular flexibility index (Phi) is 3.04. The molecule has 0 spiro atoms. The number of nitrogen functional groups attached to an aromatic ring is 1. The highest BCUT2D eigenvalue weighted by molar-refractivity contribution is 5.49. The molecule has 66 valence electrons. The molecule has 0 saturated carbocycles. The van der Waals surface area contributed by atoms with Gasteiger partial charge >= 0.3 is 0 Å². The summed E-state index contributed by atoms with van der Waals surface area (Å²) >= 11 is 0. The lowest BCUT2D eigenvalue weighted by Crippen LogP contribution is -1.91. The summed E-state index contributed by atoms with van der Waals surface area (Å²) in [6.45, 7) is 0. The van der Waals surface area contributed by atoms with Gasteiger partial charge in [0.05, 0.1) is 18.0 Å². The summed E-state index contributed by atoms with van der Waals surface area (Å²) in [4.78, 5) is 0. The fourth-order valence-corrected chi connectivity index (χ4v) is 1.06. The van der Waals surface area contributed by atoms with E-state index in [1.807, 2.05) is 6.07 Å². The Bertz CT molecular complexity index is 364. The summed E-state index contributed by atoms with van der Waals surface area (Å²) in [5, 5.41) is 8.70. The van der Waals surface area contributed by atoms with Crippen LogP contribution in [0.4, 0.5) is 10.1 Å². The third-order valence-electron chi connectivity index (χ3n) is 1.68. The first kappa shape index (κ1) is 9.27. The lowest BCUT2D eigenvalue weighted by molar-refractivity contribution is 0.716. The minimum absolute atomic E-state index is 0.393. The highest BCUT2D eigenvalue weighted by Gasteiger charge is 1.99. The van der Waals surface area contributed by atoms with Crippen molar-refractivity contribution in [2.45, 2.75) is 6.42 Å². The quantitative estimate of drug-likeness (QED) is 0.702. The lowest BCUT2D eigenvalue weighted by atomic mass is 10.0. The van der Waals surface area contributed by atoms with Crippen LogP contribution in [0.5, 0.6) is 0 Å². The number of nitrogens with zero attached hydrogens (tertiary/aromatic N) is 1. The second-order valence-electron chi connectivity index (χ2n) is 2.59. The molecular weight excluding hydrogens is 167 g/mol. The maximum absolute atomic E-state index is 11.7. The molecule has 1 aromatic carbocycles. The van der Waals surface area contributed by atoms with Crippen LogP contribution in [-0.4, -0.2) is 0 Å². The van der Waals surface area contributed by atoms with Crippen molar-refractivity contribution in [2.24, 2.45) is 0 Å².